The number of nitrogens with one attached hydrogen (secondary N) is 1. The molecular weight excluding hydrogens is 208 g/mol. The monoisotopic (exact) mass is 226 g/mol. The summed E-state index contributed by atoms with van der Waals surface area (Å²) >= 11 is 0. The van der Waals surface area contributed by atoms with E-state index in [9.17, 15) is 4.79 Å². The van der Waals surface area contributed by atoms with Crippen molar-refractivity contribution in [2.45, 2.75) is 19.9 Å². The molecule has 3 N–H and O–H groups in total. The smallest absolute Gasteiger partial charge is 0.241 e. The molecule has 0 unspecified atom stereocenters. The highest BCUT2D eigenvalue weighted by molar-refractivity contribution is 5.75. The number of aryl methyl sites for hydroxylation is 1. The van der Waals surface area contributed by atoms with E-state index in [1.807, 2.05) is 6.92 Å². The van der Waals surface area contributed by atoms with Gasteiger partial charge in [0.05, 0.1) is 0 Å². The Bertz CT molecular complexity index is 329. The summed E-state index contributed by atoms with van der Waals surface area (Å²) in [6.45, 7) is 3.32. The van der Waals surface area contributed by atoms with Gasteiger partial charge in [-0.15, -0.1) is 0 Å². The number of methoxy groups -OCH3 is 1. The molecule has 1 rings (SSSR count). The van der Waals surface area contributed by atoms with Crippen molar-refractivity contribution >= 4 is 11.7 Å². The average Bonchev–Trinajstić information content (AvgIpc) is 2.53. The Balaban J connectivity index is 2.28. The molecule has 0 bridgehead atoms. The zero-order valence-corrected chi connectivity index (χ0v) is 9.69. The number of ether oxygens (including phenoxy) is 1. The molecule has 6 nitrogen and oxygen atoms in total. The standard InChI is InChI=1S/C10H18N4O2/c1-8-6-14(13-10(8)11)7-9(15)12-4-3-5-16-2/h6H,3-5,7H2,1-2H3,(H2,11,13)(H,12,15). The maximum absolute atomic E-state index is 11.4. The summed E-state index contributed by atoms with van der Waals surface area (Å²) < 4.78 is 6.41. The molecule has 6 heteroatoms. The zero-order chi connectivity index (χ0) is 12.0. The van der Waals surface area contributed by atoms with Gasteiger partial charge in [-0.05, 0) is 13.3 Å². The maximum atomic E-state index is 11.4. The molecule has 1 heterocycles. The molecule has 0 aliphatic rings. The van der Waals surface area contributed by atoms with Gasteiger partial charge in [0, 0.05) is 32.0 Å². The molecule has 0 spiro atoms. The molecule has 0 atom stereocenters. The van der Waals surface area contributed by atoms with E-state index in [0.29, 0.717) is 19.0 Å². The van der Waals surface area contributed by atoms with E-state index >= 15 is 0 Å². The molecule has 0 radical (unpaired) electrons. The van der Waals surface area contributed by atoms with E-state index < -0.39 is 0 Å². The van der Waals surface area contributed by atoms with Crippen molar-refractivity contribution in [1.82, 2.24) is 15.1 Å². The third kappa shape index (κ3) is 3.90. The van der Waals surface area contributed by atoms with E-state index in [4.69, 9.17) is 10.5 Å². The van der Waals surface area contributed by atoms with Crippen molar-refractivity contribution in [1.29, 1.82) is 0 Å². The van der Waals surface area contributed by atoms with Crippen LogP contribution >= 0.6 is 0 Å². The highest BCUT2D eigenvalue weighted by Gasteiger charge is 2.05. The highest BCUT2D eigenvalue weighted by Crippen LogP contribution is 2.05. The third-order valence-corrected chi connectivity index (χ3v) is 2.14. The van der Waals surface area contributed by atoms with Gasteiger partial charge in [-0.3, -0.25) is 9.48 Å². The Hall–Kier alpha value is -1.56. The summed E-state index contributed by atoms with van der Waals surface area (Å²) in [5.41, 5.74) is 6.46. The van der Waals surface area contributed by atoms with Crippen molar-refractivity contribution in [2.75, 3.05) is 26.0 Å². The number of rotatable bonds is 6. The summed E-state index contributed by atoms with van der Waals surface area (Å²) in [6.07, 6.45) is 2.56. The largest absolute Gasteiger partial charge is 0.385 e. The second kappa shape index (κ2) is 6.12. The number of nitrogens with zero attached hydrogens (tertiary/aromatic N) is 2. The highest BCUT2D eigenvalue weighted by atomic mass is 16.5. The van der Waals surface area contributed by atoms with Crippen molar-refractivity contribution < 1.29 is 9.53 Å². The fraction of sp³-hybridized carbons (Fsp3) is 0.600. The lowest BCUT2D eigenvalue weighted by atomic mass is 10.4. The van der Waals surface area contributed by atoms with Gasteiger partial charge in [-0.25, -0.2) is 0 Å². The van der Waals surface area contributed by atoms with Gasteiger partial charge in [0.2, 0.25) is 5.91 Å². The van der Waals surface area contributed by atoms with Crippen molar-refractivity contribution in [3.63, 3.8) is 0 Å². The van der Waals surface area contributed by atoms with Crippen LogP contribution in [0.4, 0.5) is 5.82 Å². The van der Waals surface area contributed by atoms with Crippen LogP contribution in [0.1, 0.15) is 12.0 Å². The number of hydrogen-bond acceptors (Lipinski definition) is 4. The quantitative estimate of drug-likeness (QED) is 0.665. The Kier molecular flexibility index (Phi) is 4.78. The second-order valence-electron chi connectivity index (χ2n) is 3.59. The average molecular weight is 226 g/mol. The first-order valence-corrected chi connectivity index (χ1v) is 5.18. The first-order valence-electron chi connectivity index (χ1n) is 5.18. The van der Waals surface area contributed by atoms with Gasteiger partial charge < -0.3 is 15.8 Å². The minimum atomic E-state index is -0.0707. The summed E-state index contributed by atoms with van der Waals surface area (Å²) in [5.74, 6) is 0.394. The Morgan fingerprint density at radius 2 is 2.44 bits per heavy atom. The molecule has 0 saturated heterocycles. The molecule has 16 heavy (non-hydrogen) atoms. The number of aromatic nitrogens is 2. The fourth-order valence-corrected chi connectivity index (χ4v) is 1.26. The van der Waals surface area contributed by atoms with Crippen LogP contribution in [0.3, 0.4) is 0 Å². The van der Waals surface area contributed by atoms with Crippen LogP contribution in [-0.2, 0) is 16.1 Å². The summed E-state index contributed by atoms with van der Waals surface area (Å²) in [6, 6.07) is 0. The predicted molar refractivity (Wildman–Crippen MR) is 60.9 cm³/mol. The number of nitrogens with two attached hydrogens (primary N) is 1. The van der Waals surface area contributed by atoms with E-state index in [-0.39, 0.29) is 12.5 Å². The lowest BCUT2D eigenvalue weighted by Gasteiger charge is -2.04. The molecule has 0 aliphatic heterocycles. The molecule has 0 fully saturated rings. The molecule has 1 amide bonds. The number of hydrogen-bond donors (Lipinski definition) is 2. The number of carbonyl (C=O) groups excluding carboxylic acids is 1. The number of nitrogen functional groups attached to an aromatic ring is 1. The number of carbonyl (C=O) groups is 1. The van der Waals surface area contributed by atoms with E-state index in [1.54, 1.807) is 13.3 Å². The fourth-order valence-electron chi connectivity index (χ4n) is 1.26. The molecule has 90 valence electrons. The summed E-state index contributed by atoms with van der Waals surface area (Å²) in [7, 11) is 1.64. The molecule has 1 aromatic rings. The van der Waals surface area contributed by atoms with E-state index in [1.165, 1.54) is 4.68 Å². The van der Waals surface area contributed by atoms with Crippen LogP contribution in [-0.4, -0.2) is 35.9 Å². The van der Waals surface area contributed by atoms with Crippen molar-refractivity contribution in [3.05, 3.63) is 11.8 Å². The minimum absolute atomic E-state index is 0.0707. The Labute approximate surface area is 94.8 Å². The first-order chi connectivity index (χ1) is 7.63. The van der Waals surface area contributed by atoms with E-state index in [2.05, 4.69) is 10.4 Å². The third-order valence-electron chi connectivity index (χ3n) is 2.14. The van der Waals surface area contributed by atoms with Crippen LogP contribution in [0, 0.1) is 6.92 Å². The van der Waals surface area contributed by atoms with Crippen molar-refractivity contribution in [2.24, 2.45) is 0 Å². The molecule has 1 aromatic heterocycles. The van der Waals surface area contributed by atoms with Crippen molar-refractivity contribution in [3.8, 4) is 0 Å². The van der Waals surface area contributed by atoms with Gasteiger partial charge in [0.1, 0.15) is 12.4 Å². The first kappa shape index (κ1) is 12.5. The minimum Gasteiger partial charge on any atom is -0.385 e. The van der Waals surface area contributed by atoms with Crippen LogP contribution in [0.25, 0.3) is 0 Å². The Morgan fingerprint density at radius 1 is 1.69 bits per heavy atom. The molecule has 0 saturated carbocycles. The lowest BCUT2D eigenvalue weighted by molar-refractivity contribution is -0.121. The van der Waals surface area contributed by atoms with Gasteiger partial charge in [-0.1, -0.05) is 0 Å². The summed E-state index contributed by atoms with van der Waals surface area (Å²) in [5, 5.41) is 6.78. The second-order valence-corrected chi connectivity index (χ2v) is 3.59. The van der Waals surface area contributed by atoms with Crippen LogP contribution < -0.4 is 11.1 Å². The molecule has 0 aromatic carbocycles. The van der Waals surface area contributed by atoms with Gasteiger partial charge >= 0.3 is 0 Å². The van der Waals surface area contributed by atoms with Gasteiger partial charge in [0.25, 0.3) is 0 Å². The van der Waals surface area contributed by atoms with Gasteiger partial charge in [-0.2, -0.15) is 5.10 Å². The van der Waals surface area contributed by atoms with Gasteiger partial charge in [0.15, 0.2) is 0 Å². The topological polar surface area (TPSA) is 82.2 Å². The molecule has 0 aliphatic carbocycles. The van der Waals surface area contributed by atoms with Crippen LogP contribution in [0.2, 0.25) is 0 Å². The normalized spacial score (nSPS) is 10.4. The van der Waals surface area contributed by atoms with Crippen LogP contribution in [0.15, 0.2) is 6.20 Å². The zero-order valence-electron chi connectivity index (χ0n) is 9.69. The number of anilines is 1. The maximum Gasteiger partial charge on any atom is 0.241 e. The van der Waals surface area contributed by atoms with E-state index in [0.717, 1.165) is 12.0 Å². The summed E-state index contributed by atoms with van der Waals surface area (Å²) in [4.78, 5) is 11.4. The van der Waals surface area contributed by atoms with Crippen LogP contribution in [0.5, 0.6) is 0 Å². The SMILES string of the molecule is COCCCNC(=O)Cn1cc(C)c(N)n1. The Morgan fingerprint density at radius 3 is 3.00 bits per heavy atom. The predicted octanol–water partition coefficient (Wildman–Crippen LogP) is -0.0736. The number of amides is 1. The lowest BCUT2D eigenvalue weighted by Crippen LogP contribution is -2.29. The molecular formula is C10H18N4O2.